The van der Waals surface area contributed by atoms with Crippen LogP contribution in [-0.4, -0.2) is 49.6 Å². The van der Waals surface area contributed by atoms with Gasteiger partial charge in [-0.2, -0.15) is 0 Å². The Bertz CT molecular complexity index is 789. The van der Waals surface area contributed by atoms with Gasteiger partial charge in [0.05, 0.1) is 10.6 Å². The maximum absolute atomic E-state index is 12.4. The number of hydrogen-bond donors (Lipinski definition) is 2. The highest BCUT2D eigenvalue weighted by atomic mass is 32.2. The maximum atomic E-state index is 12.4. The zero-order chi connectivity index (χ0) is 18.7. The van der Waals surface area contributed by atoms with Crippen molar-refractivity contribution < 1.29 is 18.0 Å². The first-order valence-corrected chi connectivity index (χ1v) is 10.7. The lowest BCUT2D eigenvalue weighted by Crippen LogP contribution is -2.48. The van der Waals surface area contributed by atoms with Crippen molar-refractivity contribution in [1.29, 1.82) is 0 Å². The van der Waals surface area contributed by atoms with Gasteiger partial charge in [-0.25, -0.2) is 13.2 Å². The molecular weight excluding hydrogens is 354 g/mol. The predicted octanol–water partition coefficient (Wildman–Crippen LogP) is 1.43. The molecule has 0 spiro atoms. The first-order chi connectivity index (χ1) is 12.4. The lowest BCUT2D eigenvalue weighted by Gasteiger charge is -2.34. The van der Waals surface area contributed by atoms with Gasteiger partial charge >= 0.3 is 6.03 Å². The number of nitrogens with zero attached hydrogens (tertiary/aromatic N) is 1. The van der Waals surface area contributed by atoms with Gasteiger partial charge in [0.15, 0.2) is 9.84 Å². The Kier molecular flexibility index (Phi) is 5.50. The van der Waals surface area contributed by atoms with Crippen LogP contribution in [-0.2, 0) is 21.2 Å². The van der Waals surface area contributed by atoms with Gasteiger partial charge < -0.3 is 15.5 Å². The predicted molar refractivity (Wildman–Crippen MR) is 97.3 cm³/mol. The van der Waals surface area contributed by atoms with Crippen LogP contribution >= 0.6 is 0 Å². The molecule has 2 fully saturated rings. The molecule has 1 atom stereocenters. The first-order valence-electron chi connectivity index (χ1n) is 9.07. The highest BCUT2D eigenvalue weighted by Gasteiger charge is 2.38. The Hall–Kier alpha value is -2.09. The molecule has 1 heterocycles. The van der Waals surface area contributed by atoms with E-state index in [1.807, 2.05) is 4.90 Å². The van der Waals surface area contributed by atoms with Crippen molar-refractivity contribution in [2.45, 2.75) is 56.1 Å². The minimum Gasteiger partial charge on any atom is -0.338 e. The van der Waals surface area contributed by atoms with E-state index in [9.17, 15) is 18.0 Å². The van der Waals surface area contributed by atoms with E-state index in [1.54, 1.807) is 31.2 Å². The van der Waals surface area contributed by atoms with E-state index in [4.69, 9.17) is 0 Å². The monoisotopic (exact) mass is 379 g/mol. The summed E-state index contributed by atoms with van der Waals surface area (Å²) in [5.41, 5.74) is 0.698. The summed E-state index contributed by atoms with van der Waals surface area (Å²) in [6.07, 6.45) is 3.91. The quantitative estimate of drug-likeness (QED) is 0.782. The highest BCUT2D eigenvalue weighted by molar-refractivity contribution is 7.91. The third-order valence-corrected chi connectivity index (χ3v) is 6.88. The van der Waals surface area contributed by atoms with E-state index < -0.39 is 21.9 Å². The molecule has 2 N–H and O–H groups in total. The molecule has 2 aliphatic rings. The smallest absolute Gasteiger partial charge is 0.315 e. The largest absolute Gasteiger partial charge is 0.338 e. The lowest BCUT2D eigenvalue weighted by atomic mass is 9.92. The molecule has 7 nitrogen and oxygen atoms in total. The minimum absolute atomic E-state index is 0.000821. The standard InChI is InChI=1S/C18H25N3O4S/c1-2-26(24,25)15-8-3-5-13(11-15)12-19-18(23)20-16-9-10-21(17(16)22)14-6-4-7-14/h3,5,8,11,14,16H,2,4,6-7,9-10,12H2,1H3,(H2,19,20,23). The van der Waals surface area contributed by atoms with E-state index in [-0.39, 0.29) is 23.1 Å². The summed E-state index contributed by atoms with van der Waals surface area (Å²) in [5, 5.41) is 5.43. The zero-order valence-corrected chi connectivity index (χ0v) is 15.7. The second kappa shape index (κ2) is 7.65. The molecule has 26 heavy (non-hydrogen) atoms. The Morgan fingerprint density at radius 2 is 2.04 bits per heavy atom. The van der Waals surface area contributed by atoms with Crippen molar-refractivity contribution in [2.75, 3.05) is 12.3 Å². The molecule has 3 rings (SSSR count). The zero-order valence-electron chi connectivity index (χ0n) is 14.9. The van der Waals surface area contributed by atoms with Gasteiger partial charge in [0.1, 0.15) is 6.04 Å². The Balaban J connectivity index is 1.52. The Morgan fingerprint density at radius 3 is 2.69 bits per heavy atom. The third-order valence-electron chi connectivity index (χ3n) is 5.15. The highest BCUT2D eigenvalue weighted by Crippen LogP contribution is 2.28. The molecule has 8 heteroatoms. The van der Waals surface area contributed by atoms with Crippen LogP contribution < -0.4 is 10.6 Å². The fraction of sp³-hybridized carbons (Fsp3) is 0.556. The number of likely N-dealkylation sites (tertiary alicyclic amines) is 1. The number of hydrogen-bond acceptors (Lipinski definition) is 4. The summed E-state index contributed by atoms with van der Waals surface area (Å²) in [4.78, 5) is 26.6. The summed E-state index contributed by atoms with van der Waals surface area (Å²) >= 11 is 0. The van der Waals surface area contributed by atoms with Crippen molar-refractivity contribution in [1.82, 2.24) is 15.5 Å². The lowest BCUT2D eigenvalue weighted by molar-refractivity contribution is -0.132. The van der Waals surface area contributed by atoms with E-state index in [2.05, 4.69) is 10.6 Å². The number of carbonyl (C=O) groups is 2. The van der Waals surface area contributed by atoms with Gasteiger partial charge in [-0.05, 0) is 43.4 Å². The number of nitrogens with one attached hydrogen (secondary N) is 2. The van der Waals surface area contributed by atoms with E-state index in [0.29, 0.717) is 24.6 Å². The second-order valence-corrected chi connectivity index (χ2v) is 9.11. The molecule has 0 aromatic heterocycles. The molecule has 1 saturated heterocycles. The van der Waals surface area contributed by atoms with E-state index in [0.717, 1.165) is 12.8 Å². The Labute approximate surface area is 154 Å². The van der Waals surface area contributed by atoms with Crippen LogP contribution in [0.15, 0.2) is 29.2 Å². The van der Waals surface area contributed by atoms with Gasteiger partial charge in [0.25, 0.3) is 0 Å². The van der Waals surface area contributed by atoms with Crippen molar-refractivity contribution in [2.24, 2.45) is 0 Å². The van der Waals surface area contributed by atoms with E-state index in [1.165, 1.54) is 6.42 Å². The molecule has 3 amide bonds. The minimum atomic E-state index is -3.28. The number of benzene rings is 1. The summed E-state index contributed by atoms with van der Waals surface area (Å²) < 4.78 is 23.9. The molecule has 1 aliphatic heterocycles. The fourth-order valence-corrected chi connectivity index (χ4v) is 4.25. The summed E-state index contributed by atoms with van der Waals surface area (Å²) in [6.45, 7) is 2.50. The third kappa shape index (κ3) is 4.00. The van der Waals surface area contributed by atoms with Crippen LogP contribution in [0.25, 0.3) is 0 Å². The van der Waals surface area contributed by atoms with Crippen LogP contribution in [0.2, 0.25) is 0 Å². The molecule has 1 saturated carbocycles. The molecule has 0 radical (unpaired) electrons. The summed E-state index contributed by atoms with van der Waals surface area (Å²) in [5.74, 6) is 0.0342. The molecule has 1 unspecified atom stereocenters. The number of rotatable bonds is 6. The average Bonchev–Trinajstić information content (AvgIpc) is 2.93. The van der Waals surface area contributed by atoms with Crippen LogP contribution in [0.1, 0.15) is 38.2 Å². The van der Waals surface area contributed by atoms with Crippen molar-refractivity contribution in [3.05, 3.63) is 29.8 Å². The van der Waals surface area contributed by atoms with Crippen LogP contribution in [0.3, 0.4) is 0 Å². The number of sulfone groups is 1. The molecule has 1 aromatic carbocycles. The normalized spacial score (nSPS) is 20.7. The van der Waals surface area contributed by atoms with Crippen LogP contribution in [0, 0.1) is 0 Å². The van der Waals surface area contributed by atoms with Gasteiger partial charge in [-0.15, -0.1) is 0 Å². The van der Waals surface area contributed by atoms with E-state index >= 15 is 0 Å². The van der Waals surface area contributed by atoms with Gasteiger partial charge in [-0.1, -0.05) is 19.1 Å². The van der Waals surface area contributed by atoms with Crippen molar-refractivity contribution in [3.63, 3.8) is 0 Å². The molecule has 142 valence electrons. The number of amides is 3. The maximum Gasteiger partial charge on any atom is 0.315 e. The van der Waals surface area contributed by atoms with Gasteiger partial charge in [0.2, 0.25) is 5.91 Å². The topological polar surface area (TPSA) is 95.6 Å². The van der Waals surface area contributed by atoms with Crippen molar-refractivity contribution in [3.8, 4) is 0 Å². The van der Waals surface area contributed by atoms with Crippen LogP contribution in [0.4, 0.5) is 4.79 Å². The molecular formula is C18H25N3O4S. The number of urea groups is 1. The Morgan fingerprint density at radius 1 is 1.27 bits per heavy atom. The molecule has 1 aliphatic carbocycles. The first kappa shape index (κ1) is 18.7. The van der Waals surface area contributed by atoms with Gasteiger partial charge in [0, 0.05) is 19.1 Å². The average molecular weight is 379 g/mol. The summed E-state index contributed by atoms with van der Waals surface area (Å²) in [7, 11) is -3.28. The summed E-state index contributed by atoms with van der Waals surface area (Å²) in [6, 6.07) is 6.00. The number of carbonyl (C=O) groups excluding carboxylic acids is 2. The van der Waals surface area contributed by atoms with Gasteiger partial charge in [-0.3, -0.25) is 4.79 Å². The molecule has 0 bridgehead atoms. The molecule has 1 aromatic rings. The second-order valence-electron chi connectivity index (χ2n) is 6.84. The van der Waals surface area contributed by atoms with Crippen molar-refractivity contribution >= 4 is 21.8 Å². The van der Waals surface area contributed by atoms with Crippen LogP contribution in [0.5, 0.6) is 0 Å². The SMILES string of the molecule is CCS(=O)(=O)c1cccc(CNC(=O)NC2CCN(C3CCC3)C2=O)c1. The fourth-order valence-electron chi connectivity index (χ4n) is 3.30.